The van der Waals surface area contributed by atoms with Gasteiger partial charge in [-0.2, -0.15) is 0 Å². The SMILES string of the molecule is Cc1ccc2ccccc2c1.[H-].[H-].[Mg+2]. The fourth-order valence-corrected chi connectivity index (χ4v) is 1.31. The molecule has 0 aliphatic carbocycles. The topological polar surface area (TPSA) is 0 Å². The Labute approximate surface area is 91.7 Å². The Morgan fingerprint density at radius 1 is 0.917 bits per heavy atom. The van der Waals surface area contributed by atoms with Crippen LogP contribution in [0, 0.1) is 6.92 Å². The number of hydrogen-bond acceptors (Lipinski definition) is 0. The van der Waals surface area contributed by atoms with Gasteiger partial charge in [-0.25, -0.2) is 0 Å². The van der Waals surface area contributed by atoms with Crippen molar-refractivity contribution in [3.63, 3.8) is 0 Å². The molecule has 0 bridgehead atoms. The van der Waals surface area contributed by atoms with Gasteiger partial charge < -0.3 is 2.85 Å². The van der Waals surface area contributed by atoms with Crippen LogP contribution in [-0.2, 0) is 0 Å². The fraction of sp³-hybridized carbons (Fsp3) is 0.0909. The van der Waals surface area contributed by atoms with E-state index in [9.17, 15) is 0 Å². The third-order valence-corrected chi connectivity index (χ3v) is 1.90. The van der Waals surface area contributed by atoms with Crippen molar-refractivity contribution in [3.05, 3.63) is 48.0 Å². The van der Waals surface area contributed by atoms with Crippen LogP contribution < -0.4 is 0 Å². The van der Waals surface area contributed by atoms with Gasteiger partial charge >= 0.3 is 23.1 Å². The molecule has 0 fully saturated rings. The number of benzene rings is 2. The van der Waals surface area contributed by atoms with Crippen molar-refractivity contribution in [2.75, 3.05) is 0 Å². The van der Waals surface area contributed by atoms with Gasteiger partial charge in [0.15, 0.2) is 0 Å². The van der Waals surface area contributed by atoms with E-state index in [2.05, 4.69) is 49.4 Å². The summed E-state index contributed by atoms with van der Waals surface area (Å²) in [6, 6.07) is 14.9. The van der Waals surface area contributed by atoms with Crippen molar-refractivity contribution < 1.29 is 2.85 Å². The minimum absolute atomic E-state index is 0. The first kappa shape index (κ1) is 9.55. The summed E-state index contributed by atoms with van der Waals surface area (Å²) < 4.78 is 0. The van der Waals surface area contributed by atoms with Crippen molar-refractivity contribution >= 4 is 33.8 Å². The van der Waals surface area contributed by atoms with Crippen LogP contribution in [0.3, 0.4) is 0 Å². The predicted molar refractivity (Wildman–Crippen MR) is 56.7 cm³/mol. The molecule has 0 N–H and O–H groups in total. The zero-order valence-corrected chi connectivity index (χ0v) is 8.66. The first-order valence-corrected chi connectivity index (χ1v) is 3.82. The second kappa shape index (κ2) is 3.92. The second-order valence-electron chi connectivity index (χ2n) is 2.85. The Morgan fingerprint density at radius 2 is 1.58 bits per heavy atom. The number of fused-ring (bicyclic) bond motifs is 1. The number of aryl methyl sites for hydroxylation is 1. The molecule has 0 radical (unpaired) electrons. The summed E-state index contributed by atoms with van der Waals surface area (Å²) in [5, 5.41) is 2.64. The molecule has 0 aliphatic heterocycles. The largest absolute Gasteiger partial charge is 2.00 e. The maximum atomic E-state index is 2.20. The summed E-state index contributed by atoms with van der Waals surface area (Å²) in [5.74, 6) is 0. The van der Waals surface area contributed by atoms with E-state index in [1.54, 1.807) is 0 Å². The zero-order valence-electron chi connectivity index (χ0n) is 9.25. The zero-order chi connectivity index (χ0) is 7.68. The molecular weight excluding hydrogens is 156 g/mol. The summed E-state index contributed by atoms with van der Waals surface area (Å²) in [4.78, 5) is 0. The molecule has 0 aromatic heterocycles. The first-order valence-electron chi connectivity index (χ1n) is 3.82. The van der Waals surface area contributed by atoms with Gasteiger partial charge in [-0.1, -0.05) is 48.0 Å². The minimum atomic E-state index is 0. The molecule has 0 unspecified atom stereocenters. The molecular formula is C11H12Mg. The number of rotatable bonds is 0. The average Bonchev–Trinajstić information content (AvgIpc) is 2.04. The molecule has 58 valence electrons. The Balaban J connectivity index is 0. The maximum absolute atomic E-state index is 2.20. The molecule has 0 aliphatic rings. The summed E-state index contributed by atoms with van der Waals surface area (Å²) in [6.45, 7) is 2.12. The van der Waals surface area contributed by atoms with Crippen LogP contribution >= 0.6 is 0 Å². The van der Waals surface area contributed by atoms with Crippen LogP contribution in [0.15, 0.2) is 42.5 Å². The van der Waals surface area contributed by atoms with Gasteiger partial charge in [0, 0.05) is 0 Å². The van der Waals surface area contributed by atoms with Crippen LogP contribution in [-0.4, -0.2) is 23.1 Å². The summed E-state index contributed by atoms with van der Waals surface area (Å²) in [5.41, 5.74) is 1.32. The van der Waals surface area contributed by atoms with Gasteiger partial charge in [0.25, 0.3) is 0 Å². The van der Waals surface area contributed by atoms with E-state index in [1.165, 1.54) is 16.3 Å². The summed E-state index contributed by atoms with van der Waals surface area (Å²) in [6.07, 6.45) is 0. The van der Waals surface area contributed by atoms with Crippen molar-refractivity contribution in [1.29, 1.82) is 0 Å². The van der Waals surface area contributed by atoms with E-state index in [0.717, 1.165) is 0 Å². The monoisotopic (exact) mass is 168 g/mol. The molecule has 0 nitrogen and oxygen atoms in total. The van der Waals surface area contributed by atoms with Crippen LogP contribution in [0.4, 0.5) is 0 Å². The van der Waals surface area contributed by atoms with Crippen LogP contribution in [0.5, 0.6) is 0 Å². The van der Waals surface area contributed by atoms with Crippen LogP contribution in [0.25, 0.3) is 10.8 Å². The summed E-state index contributed by atoms with van der Waals surface area (Å²) >= 11 is 0. The smallest absolute Gasteiger partial charge is 1.00 e. The van der Waals surface area contributed by atoms with Crippen molar-refractivity contribution in [1.82, 2.24) is 0 Å². The van der Waals surface area contributed by atoms with Crippen molar-refractivity contribution in [2.45, 2.75) is 6.92 Å². The fourth-order valence-electron chi connectivity index (χ4n) is 1.31. The third kappa shape index (κ3) is 1.79. The van der Waals surface area contributed by atoms with Gasteiger partial charge in [-0.15, -0.1) is 0 Å². The standard InChI is InChI=1S/C11H10.Mg.2H/c1-9-6-7-10-4-2-3-5-11(10)8-9;;;/h2-8H,1H3;;;/q;+2;2*-1. The Morgan fingerprint density at radius 3 is 2.33 bits per heavy atom. The normalized spacial score (nSPS) is 9.42. The number of hydrogen-bond donors (Lipinski definition) is 0. The molecule has 0 atom stereocenters. The molecule has 2 rings (SSSR count). The van der Waals surface area contributed by atoms with Crippen molar-refractivity contribution in [3.8, 4) is 0 Å². The maximum Gasteiger partial charge on any atom is 2.00 e. The molecule has 12 heavy (non-hydrogen) atoms. The minimum Gasteiger partial charge on any atom is -1.00 e. The van der Waals surface area contributed by atoms with E-state index in [0.29, 0.717) is 0 Å². The van der Waals surface area contributed by atoms with Gasteiger partial charge in [0.1, 0.15) is 0 Å². The second-order valence-corrected chi connectivity index (χ2v) is 2.85. The molecule has 0 saturated heterocycles. The van der Waals surface area contributed by atoms with Crippen LogP contribution in [0.1, 0.15) is 8.42 Å². The molecule has 0 amide bonds. The first-order chi connectivity index (χ1) is 5.36. The molecule has 0 heterocycles. The molecule has 1 heteroatoms. The third-order valence-electron chi connectivity index (χ3n) is 1.90. The molecule has 2 aromatic carbocycles. The van der Waals surface area contributed by atoms with E-state index in [1.807, 2.05) is 0 Å². The summed E-state index contributed by atoms with van der Waals surface area (Å²) in [7, 11) is 0. The Hall–Kier alpha value is -0.534. The van der Waals surface area contributed by atoms with Gasteiger partial charge in [-0.3, -0.25) is 0 Å². The van der Waals surface area contributed by atoms with Gasteiger partial charge in [0.2, 0.25) is 0 Å². The van der Waals surface area contributed by atoms with Gasteiger partial charge in [0.05, 0.1) is 0 Å². The molecule has 0 saturated carbocycles. The van der Waals surface area contributed by atoms with Crippen LogP contribution in [0.2, 0.25) is 0 Å². The Kier molecular flexibility index (Phi) is 3.12. The van der Waals surface area contributed by atoms with E-state index in [-0.39, 0.29) is 25.9 Å². The van der Waals surface area contributed by atoms with E-state index >= 15 is 0 Å². The van der Waals surface area contributed by atoms with E-state index in [4.69, 9.17) is 0 Å². The predicted octanol–water partition coefficient (Wildman–Crippen LogP) is 2.99. The van der Waals surface area contributed by atoms with E-state index < -0.39 is 0 Å². The molecule has 0 spiro atoms. The van der Waals surface area contributed by atoms with Gasteiger partial charge in [-0.05, 0) is 17.7 Å². The quantitative estimate of drug-likeness (QED) is 0.531. The Bertz CT molecular complexity index is 388. The molecule has 2 aromatic rings. The van der Waals surface area contributed by atoms with Crippen molar-refractivity contribution in [2.24, 2.45) is 0 Å². The average molecular weight is 169 g/mol.